The first kappa shape index (κ1) is 13.0. The van der Waals surface area contributed by atoms with Crippen LogP contribution in [0.15, 0.2) is 12.5 Å². The maximum absolute atomic E-state index is 10.9. The van der Waals surface area contributed by atoms with Crippen molar-refractivity contribution in [2.24, 2.45) is 5.92 Å². The van der Waals surface area contributed by atoms with Crippen LogP contribution in [0.25, 0.3) is 0 Å². The average Bonchev–Trinajstić information content (AvgIpc) is 2.63. The third kappa shape index (κ3) is 2.85. The first-order valence-electron chi connectivity index (χ1n) is 5.39. The summed E-state index contributed by atoms with van der Waals surface area (Å²) < 4.78 is 28.2. The molecular formula is C9H13N3O5S. The Hall–Kier alpha value is -1.48. The smallest absolute Gasteiger partial charge is 0.358 e. The van der Waals surface area contributed by atoms with E-state index < -0.39 is 15.0 Å². The summed E-state index contributed by atoms with van der Waals surface area (Å²) >= 11 is 0. The van der Waals surface area contributed by atoms with E-state index in [0.29, 0.717) is 0 Å². The third-order valence-electron chi connectivity index (χ3n) is 3.03. The predicted molar refractivity (Wildman–Crippen MR) is 61.4 cm³/mol. The van der Waals surface area contributed by atoms with Gasteiger partial charge in [-0.2, -0.15) is 8.42 Å². The second-order valence-electron chi connectivity index (χ2n) is 4.33. The molecule has 8 nitrogen and oxygen atoms in total. The van der Waals surface area contributed by atoms with Crippen molar-refractivity contribution in [1.82, 2.24) is 9.55 Å². The second-order valence-corrected chi connectivity index (χ2v) is 5.97. The number of rotatable bonds is 5. The molecule has 0 spiro atoms. The van der Waals surface area contributed by atoms with Gasteiger partial charge in [0.25, 0.3) is 10.1 Å². The van der Waals surface area contributed by atoms with Gasteiger partial charge >= 0.3 is 5.82 Å². The fourth-order valence-electron chi connectivity index (χ4n) is 1.95. The van der Waals surface area contributed by atoms with E-state index in [1.807, 2.05) is 0 Å². The largest absolute Gasteiger partial charge is 0.381 e. The zero-order chi connectivity index (χ0) is 13.3. The first-order valence-corrected chi connectivity index (χ1v) is 7.21. The van der Waals surface area contributed by atoms with E-state index in [4.69, 9.17) is 4.18 Å². The van der Waals surface area contributed by atoms with E-state index >= 15 is 0 Å². The molecular weight excluding hydrogens is 262 g/mol. The number of hydrogen-bond acceptors (Lipinski definition) is 6. The molecule has 2 atom stereocenters. The van der Waals surface area contributed by atoms with Crippen LogP contribution in [0.1, 0.15) is 18.9 Å². The van der Waals surface area contributed by atoms with Gasteiger partial charge in [-0.1, -0.05) is 0 Å². The second kappa shape index (κ2) is 4.65. The van der Waals surface area contributed by atoms with E-state index in [2.05, 4.69) is 4.98 Å². The number of nitrogens with zero attached hydrogens (tertiary/aromatic N) is 3. The van der Waals surface area contributed by atoms with Gasteiger partial charge in [0.05, 0.1) is 12.9 Å². The summed E-state index contributed by atoms with van der Waals surface area (Å²) in [7, 11) is -3.44. The quantitative estimate of drug-likeness (QED) is 0.445. The van der Waals surface area contributed by atoms with Crippen LogP contribution in [0.5, 0.6) is 0 Å². The molecule has 0 radical (unpaired) electrons. The van der Waals surface area contributed by atoms with Crippen LogP contribution in [0.2, 0.25) is 0 Å². The van der Waals surface area contributed by atoms with Crippen molar-refractivity contribution in [3.63, 3.8) is 0 Å². The van der Waals surface area contributed by atoms with Crippen LogP contribution >= 0.6 is 0 Å². The highest BCUT2D eigenvalue weighted by Crippen LogP contribution is 2.39. The number of hydrogen-bond donors (Lipinski definition) is 0. The number of aromatic nitrogens is 2. The minimum Gasteiger partial charge on any atom is -0.358 e. The maximum Gasteiger partial charge on any atom is 0.381 e. The minimum atomic E-state index is -3.44. The lowest BCUT2D eigenvalue weighted by Crippen LogP contribution is -2.32. The predicted octanol–water partition coefficient (Wildman–Crippen LogP) is 0.719. The molecule has 1 aliphatic rings. The Balaban J connectivity index is 1.99. The Morgan fingerprint density at radius 2 is 2.33 bits per heavy atom. The molecule has 2 unspecified atom stereocenters. The molecule has 0 amide bonds. The zero-order valence-electron chi connectivity index (χ0n) is 9.72. The molecule has 1 fully saturated rings. The van der Waals surface area contributed by atoms with Crippen LogP contribution in [-0.4, -0.2) is 35.8 Å². The van der Waals surface area contributed by atoms with Crippen molar-refractivity contribution in [2.75, 3.05) is 12.9 Å². The Morgan fingerprint density at radius 3 is 2.78 bits per heavy atom. The van der Waals surface area contributed by atoms with Crippen LogP contribution in [-0.2, 0) is 14.3 Å². The summed E-state index contributed by atoms with van der Waals surface area (Å²) in [6.45, 7) is 0.107. The summed E-state index contributed by atoms with van der Waals surface area (Å²) in [5.41, 5.74) is 0. The molecule has 0 aliphatic heterocycles. The summed E-state index contributed by atoms with van der Waals surface area (Å²) in [4.78, 5) is 13.6. The van der Waals surface area contributed by atoms with Gasteiger partial charge in [-0.15, -0.1) is 0 Å². The molecule has 18 heavy (non-hydrogen) atoms. The van der Waals surface area contributed by atoms with Crippen molar-refractivity contribution < 1.29 is 17.5 Å². The van der Waals surface area contributed by atoms with Crippen LogP contribution in [0.3, 0.4) is 0 Å². The standard InChI is InChI=1S/C9H13N3O5S/c1-18(15,16)17-5-7-2-3-8(7)11-4-9(10-6-11)12(13)14/h4,6-8H,2-3,5H2,1H3. The highest BCUT2D eigenvalue weighted by Gasteiger charge is 2.34. The van der Waals surface area contributed by atoms with Crippen molar-refractivity contribution in [3.05, 3.63) is 22.6 Å². The highest BCUT2D eigenvalue weighted by atomic mass is 32.2. The third-order valence-corrected chi connectivity index (χ3v) is 3.60. The topological polar surface area (TPSA) is 104 Å². The monoisotopic (exact) mass is 275 g/mol. The molecule has 1 aromatic heterocycles. The SMILES string of the molecule is CS(=O)(=O)OCC1CCC1n1cnc([N+](=O)[O-])c1. The fourth-order valence-corrected chi connectivity index (χ4v) is 2.37. The van der Waals surface area contributed by atoms with E-state index in [1.54, 1.807) is 4.57 Å². The van der Waals surface area contributed by atoms with Gasteiger partial charge in [-0.3, -0.25) is 4.18 Å². The molecule has 0 N–H and O–H groups in total. The van der Waals surface area contributed by atoms with Gasteiger partial charge in [0.2, 0.25) is 6.33 Å². The van der Waals surface area contributed by atoms with Gasteiger partial charge in [-0.25, -0.2) is 0 Å². The summed E-state index contributed by atoms with van der Waals surface area (Å²) in [6, 6.07) is 0.0212. The lowest BCUT2D eigenvalue weighted by atomic mass is 9.80. The normalized spacial score (nSPS) is 23.6. The fraction of sp³-hybridized carbons (Fsp3) is 0.667. The maximum atomic E-state index is 10.9. The van der Waals surface area contributed by atoms with Crippen molar-refractivity contribution in [1.29, 1.82) is 0 Å². The Kier molecular flexibility index (Phi) is 3.35. The molecule has 1 heterocycles. The molecule has 1 aliphatic carbocycles. The number of nitro groups is 1. The molecule has 2 rings (SSSR count). The molecule has 0 bridgehead atoms. The summed E-state index contributed by atoms with van der Waals surface area (Å²) in [6.07, 6.45) is 5.44. The lowest BCUT2D eigenvalue weighted by Gasteiger charge is -2.36. The van der Waals surface area contributed by atoms with E-state index in [-0.39, 0.29) is 24.4 Å². The van der Waals surface area contributed by atoms with Gasteiger partial charge in [0.15, 0.2) is 0 Å². The Morgan fingerprint density at radius 1 is 1.61 bits per heavy atom. The molecule has 0 aromatic carbocycles. The summed E-state index contributed by atoms with van der Waals surface area (Å²) in [5.74, 6) is -0.154. The lowest BCUT2D eigenvalue weighted by molar-refractivity contribution is -0.389. The molecule has 0 saturated heterocycles. The van der Waals surface area contributed by atoms with Crippen LogP contribution in [0, 0.1) is 16.0 Å². The summed E-state index contributed by atoms with van der Waals surface area (Å²) in [5, 5.41) is 10.5. The van der Waals surface area contributed by atoms with Crippen molar-refractivity contribution in [2.45, 2.75) is 18.9 Å². The minimum absolute atomic E-state index is 0.0212. The van der Waals surface area contributed by atoms with E-state index in [1.165, 1.54) is 12.5 Å². The molecule has 1 saturated carbocycles. The zero-order valence-corrected chi connectivity index (χ0v) is 10.5. The molecule has 100 valence electrons. The average molecular weight is 275 g/mol. The van der Waals surface area contributed by atoms with E-state index in [0.717, 1.165) is 19.1 Å². The van der Waals surface area contributed by atoms with Gasteiger partial charge in [0, 0.05) is 12.0 Å². The van der Waals surface area contributed by atoms with Crippen molar-refractivity contribution >= 4 is 15.9 Å². The number of imidazole rings is 1. The van der Waals surface area contributed by atoms with Gasteiger partial charge in [-0.05, 0) is 22.7 Å². The van der Waals surface area contributed by atoms with Crippen LogP contribution in [0.4, 0.5) is 5.82 Å². The molecule has 1 aromatic rings. The highest BCUT2D eigenvalue weighted by molar-refractivity contribution is 7.85. The van der Waals surface area contributed by atoms with Crippen LogP contribution < -0.4 is 0 Å². The van der Waals surface area contributed by atoms with Crippen molar-refractivity contribution in [3.8, 4) is 0 Å². The van der Waals surface area contributed by atoms with Gasteiger partial charge < -0.3 is 14.7 Å². The van der Waals surface area contributed by atoms with Gasteiger partial charge in [0.1, 0.15) is 6.20 Å². The van der Waals surface area contributed by atoms with E-state index in [9.17, 15) is 18.5 Å². The Bertz CT molecular complexity index is 552. The Labute approximate surface area is 104 Å². The molecule has 9 heteroatoms. The first-order chi connectivity index (χ1) is 8.37.